The summed E-state index contributed by atoms with van der Waals surface area (Å²) in [6.45, 7) is 0. The minimum atomic E-state index is -0.0263. The molecular formula is C31H33N5. The highest BCUT2D eigenvalue weighted by Gasteiger charge is 2.44. The third-order valence-electron chi connectivity index (χ3n) is 8.61. The first-order valence-electron chi connectivity index (χ1n) is 13.1. The van der Waals surface area contributed by atoms with Crippen molar-refractivity contribution in [2.75, 3.05) is 0 Å². The Bertz CT molecular complexity index is 1390. The standard InChI is InChI=1S/C31H33N5/c32-28(24-9-3-4-12-27-23(24)11-6-18-35-27)25-10-5-13-26(36-30(25)34)20-14-16-31(17-15-20)19-21-7-1-2-8-22(21)29(31)33/h1-2,5-8,11,13-14,18,24,29,32H,3-4,9,12,15-17,19,33H2,(H2,34,36). The van der Waals surface area contributed by atoms with E-state index < -0.39 is 0 Å². The summed E-state index contributed by atoms with van der Waals surface area (Å²) in [6.07, 6.45) is 16.0. The van der Waals surface area contributed by atoms with Crippen molar-refractivity contribution in [3.63, 3.8) is 0 Å². The van der Waals surface area contributed by atoms with Crippen LogP contribution in [-0.2, 0) is 12.8 Å². The summed E-state index contributed by atoms with van der Waals surface area (Å²) in [5.74, 6) is 0.350. The largest absolute Gasteiger partial charge is 0.383 e. The van der Waals surface area contributed by atoms with Crippen molar-refractivity contribution in [1.82, 2.24) is 4.98 Å². The highest BCUT2D eigenvalue weighted by Crippen LogP contribution is 2.53. The number of rotatable bonds is 3. The maximum absolute atomic E-state index is 9.08. The molecule has 3 unspecified atom stereocenters. The molecule has 3 atom stereocenters. The second-order valence-corrected chi connectivity index (χ2v) is 10.6. The van der Waals surface area contributed by atoms with Crippen LogP contribution in [-0.4, -0.2) is 16.5 Å². The Labute approximate surface area is 212 Å². The van der Waals surface area contributed by atoms with Gasteiger partial charge >= 0.3 is 0 Å². The number of nitrogens with zero attached hydrogens (tertiary/aromatic N) is 2. The second-order valence-electron chi connectivity index (χ2n) is 10.6. The zero-order valence-corrected chi connectivity index (χ0v) is 20.6. The minimum absolute atomic E-state index is 0.0263. The number of hydrogen-bond donors (Lipinski definition) is 3. The SMILES string of the molecule is N=C(C1=C=CC=C(C2=CCC3(CC2)Cc2ccccc2C3N)N=C1N)C1CCCCc2ncccc21. The van der Waals surface area contributed by atoms with Crippen LogP contribution >= 0.6 is 0 Å². The van der Waals surface area contributed by atoms with E-state index in [9.17, 15) is 0 Å². The van der Waals surface area contributed by atoms with E-state index in [1.54, 1.807) is 0 Å². The van der Waals surface area contributed by atoms with Crippen molar-refractivity contribution in [3.8, 4) is 0 Å². The number of amidine groups is 1. The molecule has 0 bridgehead atoms. The van der Waals surface area contributed by atoms with Gasteiger partial charge in [-0.15, -0.1) is 5.73 Å². The van der Waals surface area contributed by atoms with E-state index in [1.165, 1.54) is 16.7 Å². The summed E-state index contributed by atoms with van der Waals surface area (Å²) in [5, 5.41) is 9.08. The van der Waals surface area contributed by atoms with E-state index >= 15 is 0 Å². The lowest BCUT2D eigenvalue weighted by atomic mass is 9.70. The Balaban J connectivity index is 1.22. The topological polar surface area (TPSA) is 101 Å². The fourth-order valence-electron chi connectivity index (χ4n) is 6.55. The minimum Gasteiger partial charge on any atom is -0.383 e. The average molecular weight is 476 g/mol. The van der Waals surface area contributed by atoms with Crippen molar-refractivity contribution in [2.24, 2.45) is 21.9 Å². The van der Waals surface area contributed by atoms with Gasteiger partial charge in [-0.25, -0.2) is 4.99 Å². The van der Waals surface area contributed by atoms with Crippen LogP contribution in [0, 0.1) is 10.8 Å². The third-order valence-corrected chi connectivity index (χ3v) is 8.61. The van der Waals surface area contributed by atoms with Crippen LogP contribution in [0.2, 0.25) is 0 Å². The fraction of sp³-hybridized carbons (Fsp3) is 0.355. The van der Waals surface area contributed by atoms with Gasteiger partial charge < -0.3 is 16.9 Å². The summed E-state index contributed by atoms with van der Waals surface area (Å²) in [5.41, 5.74) is 24.8. The Kier molecular flexibility index (Phi) is 5.83. The Morgan fingerprint density at radius 2 is 1.94 bits per heavy atom. The molecule has 4 aliphatic rings. The van der Waals surface area contributed by atoms with Crippen LogP contribution < -0.4 is 11.5 Å². The molecule has 1 spiro atoms. The molecule has 5 nitrogen and oxygen atoms in total. The molecule has 0 fully saturated rings. The number of aliphatic imine (C=N–C) groups is 1. The van der Waals surface area contributed by atoms with Gasteiger partial charge in [0.1, 0.15) is 5.84 Å². The van der Waals surface area contributed by atoms with E-state index in [-0.39, 0.29) is 17.4 Å². The number of pyridine rings is 1. The van der Waals surface area contributed by atoms with Gasteiger partial charge in [-0.1, -0.05) is 42.8 Å². The monoisotopic (exact) mass is 475 g/mol. The zero-order valence-electron chi connectivity index (χ0n) is 20.6. The predicted octanol–water partition coefficient (Wildman–Crippen LogP) is 5.60. The van der Waals surface area contributed by atoms with E-state index in [0.717, 1.165) is 68.3 Å². The molecule has 0 saturated carbocycles. The van der Waals surface area contributed by atoms with E-state index in [1.807, 2.05) is 24.4 Å². The normalized spacial score (nSPS) is 27.1. The number of fused-ring (bicyclic) bond motifs is 2. The van der Waals surface area contributed by atoms with Gasteiger partial charge in [0.05, 0.1) is 17.0 Å². The van der Waals surface area contributed by atoms with Crippen molar-refractivity contribution in [1.29, 1.82) is 5.41 Å². The first kappa shape index (κ1) is 22.9. The van der Waals surface area contributed by atoms with Crippen LogP contribution in [0.25, 0.3) is 0 Å². The lowest BCUT2D eigenvalue weighted by molar-refractivity contribution is 0.219. The van der Waals surface area contributed by atoms with Crippen molar-refractivity contribution >= 4 is 11.5 Å². The molecule has 2 aromatic rings. The number of nitrogens with two attached hydrogens (primary N) is 2. The molecule has 3 aliphatic carbocycles. The molecular weight excluding hydrogens is 442 g/mol. The molecule has 2 heterocycles. The highest BCUT2D eigenvalue weighted by atomic mass is 14.9. The number of aryl methyl sites for hydroxylation is 1. The van der Waals surface area contributed by atoms with Crippen LogP contribution in [0.3, 0.4) is 0 Å². The fourth-order valence-corrected chi connectivity index (χ4v) is 6.55. The van der Waals surface area contributed by atoms with Crippen LogP contribution in [0.15, 0.2) is 88.4 Å². The number of aromatic nitrogens is 1. The number of allylic oxidation sites excluding steroid dienone is 3. The van der Waals surface area contributed by atoms with Gasteiger partial charge in [0.15, 0.2) is 0 Å². The van der Waals surface area contributed by atoms with Crippen molar-refractivity contribution < 1.29 is 0 Å². The first-order valence-corrected chi connectivity index (χ1v) is 13.1. The number of benzene rings is 1. The maximum atomic E-state index is 9.08. The Hall–Kier alpha value is -3.53. The van der Waals surface area contributed by atoms with Gasteiger partial charge in [-0.3, -0.25) is 4.98 Å². The van der Waals surface area contributed by atoms with Gasteiger partial charge in [0, 0.05) is 23.9 Å². The first-order chi connectivity index (χ1) is 17.6. The smallest absolute Gasteiger partial charge is 0.141 e. The Morgan fingerprint density at radius 1 is 1.08 bits per heavy atom. The van der Waals surface area contributed by atoms with Gasteiger partial charge in [0.2, 0.25) is 0 Å². The molecule has 36 heavy (non-hydrogen) atoms. The summed E-state index contributed by atoms with van der Waals surface area (Å²) in [7, 11) is 0. The lowest BCUT2D eigenvalue weighted by Gasteiger charge is -2.36. The second kappa shape index (κ2) is 9.16. The molecule has 1 aromatic heterocycles. The quantitative estimate of drug-likeness (QED) is 0.306. The molecule has 182 valence electrons. The van der Waals surface area contributed by atoms with Crippen LogP contribution in [0.5, 0.6) is 0 Å². The predicted molar refractivity (Wildman–Crippen MR) is 145 cm³/mol. The molecule has 0 amide bonds. The maximum Gasteiger partial charge on any atom is 0.141 e. The number of hydrogen-bond acceptors (Lipinski definition) is 5. The zero-order chi connectivity index (χ0) is 24.7. The van der Waals surface area contributed by atoms with Crippen LogP contribution in [0.1, 0.15) is 72.9 Å². The third kappa shape index (κ3) is 3.89. The van der Waals surface area contributed by atoms with E-state index in [4.69, 9.17) is 21.9 Å². The Morgan fingerprint density at radius 3 is 2.78 bits per heavy atom. The van der Waals surface area contributed by atoms with Gasteiger partial charge in [-0.2, -0.15) is 0 Å². The van der Waals surface area contributed by atoms with E-state index in [2.05, 4.69) is 47.1 Å². The lowest BCUT2D eigenvalue weighted by Crippen LogP contribution is -2.33. The molecule has 1 aliphatic heterocycles. The van der Waals surface area contributed by atoms with Crippen molar-refractivity contribution in [2.45, 2.75) is 63.3 Å². The van der Waals surface area contributed by atoms with Gasteiger partial charge in [0.25, 0.3) is 0 Å². The summed E-state index contributed by atoms with van der Waals surface area (Å²) in [6, 6.07) is 12.8. The highest BCUT2D eigenvalue weighted by molar-refractivity contribution is 6.24. The van der Waals surface area contributed by atoms with Crippen molar-refractivity contribution in [3.05, 3.63) is 106 Å². The summed E-state index contributed by atoms with van der Waals surface area (Å²) < 4.78 is 0. The summed E-state index contributed by atoms with van der Waals surface area (Å²) >= 11 is 0. The van der Waals surface area contributed by atoms with Gasteiger partial charge in [-0.05, 0) is 90.8 Å². The molecule has 5 N–H and O–H groups in total. The average Bonchev–Trinajstić information content (AvgIpc) is 3.08. The van der Waals surface area contributed by atoms with Crippen LogP contribution in [0.4, 0.5) is 0 Å². The molecule has 5 heteroatoms. The molecule has 1 aromatic carbocycles. The summed E-state index contributed by atoms with van der Waals surface area (Å²) in [4.78, 5) is 9.41. The molecule has 0 radical (unpaired) electrons. The van der Waals surface area contributed by atoms with E-state index in [0.29, 0.717) is 17.1 Å². The molecule has 6 rings (SSSR count). The molecule has 0 saturated heterocycles. The number of nitrogens with one attached hydrogen (secondary N) is 1.